The van der Waals surface area contributed by atoms with E-state index in [-0.39, 0.29) is 11.7 Å². The molecule has 2 aromatic rings. The van der Waals surface area contributed by atoms with Crippen LogP contribution in [0.25, 0.3) is 11.3 Å². The van der Waals surface area contributed by atoms with Crippen molar-refractivity contribution >= 4 is 6.41 Å². The van der Waals surface area contributed by atoms with Crippen molar-refractivity contribution in [2.75, 3.05) is 13.1 Å². The lowest BCUT2D eigenvalue weighted by Gasteiger charge is -2.30. The summed E-state index contributed by atoms with van der Waals surface area (Å²) in [4.78, 5) is 28.9. The molecule has 0 saturated carbocycles. The smallest absolute Gasteiger partial charge is 0.345 e. The van der Waals surface area contributed by atoms with Gasteiger partial charge in [0.1, 0.15) is 0 Å². The van der Waals surface area contributed by atoms with Gasteiger partial charge in [-0.25, -0.2) is 4.79 Å². The molecule has 0 atom stereocenters. The second kappa shape index (κ2) is 5.91. The molecule has 1 fully saturated rings. The summed E-state index contributed by atoms with van der Waals surface area (Å²) < 4.78 is 1.69. The number of benzene rings is 1. The van der Waals surface area contributed by atoms with Crippen LogP contribution in [0.15, 0.2) is 47.4 Å². The second-order valence-electron chi connectivity index (χ2n) is 5.24. The third-order valence-corrected chi connectivity index (χ3v) is 3.94. The average Bonchev–Trinajstić information content (AvgIpc) is 2.56. The Bertz CT molecular complexity index is 673. The summed E-state index contributed by atoms with van der Waals surface area (Å²) >= 11 is 0. The van der Waals surface area contributed by atoms with E-state index in [2.05, 4.69) is 4.98 Å². The molecule has 108 valence electrons. The molecule has 1 aliphatic rings. The molecule has 1 aromatic heterocycles. The van der Waals surface area contributed by atoms with Crippen LogP contribution < -0.4 is 5.69 Å². The molecule has 1 amide bonds. The van der Waals surface area contributed by atoms with Crippen LogP contribution in [0.3, 0.4) is 0 Å². The molecule has 0 spiro atoms. The summed E-state index contributed by atoms with van der Waals surface area (Å²) in [7, 11) is 0. The molecule has 0 radical (unpaired) electrons. The zero-order chi connectivity index (χ0) is 14.7. The van der Waals surface area contributed by atoms with E-state index in [0.29, 0.717) is 18.8 Å². The van der Waals surface area contributed by atoms with Crippen LogP contribution in [0, 0.1) is 0 Å². The Morgan fingerprint density at radius 1 is 1.10 bits per heavy atom. The predicted molar refractivity (Wildman–Crippen MR) is 79.8 cm³/mol. The number of nitrogens with zero attached hydrogens (tertiary/aromatic N) is 3. The van der Waals surface area contributed by atoms with Crippen molar-refractivity contribution < 1.29 is 4.79 Å². The van der Waals surface area contributed by atoms with Crippen molar-refractivity contribution in [2.45, 2.75) is 18.9 Å². The summed E-state index contributed by atoms with van der Waals surface area (Å²) in [6.45, 7) is 1.39. The standard InChI is InChI=1S/C16H17N3O2/c20-12-18-9-6-14(7-10-18)19-11-8-15(17-16(19)21)13-4-2-1-3-5-13/h1-5,8,11-12,14H,6-7,9-10H2. The van der Waals surface area contributed by atoms with E-state index in [0.717, 1.165) is 24.8 Å². The Morgan fingerprint density at radius 3 is 2.43 bits per heavy atom. The van der Waals surface area contributed by atoms with Crippen molar-refractivity contribution in [3.05, 3.63) is 53.1 Å². The fourth-order valence-electron chi connectivity index (χ4n) is 2.73. The lowest BCUT2D eigenvalue weighted by atomic mass is 10.1. The van der Waals surface area contributed by atoms with Crippen LogP contribution in [-0.4, -0.2) is 34.0 Å². The van der Waals surface area contributed by atoms with E-state index in [1.807, 2.05) is 42.6 Å². The Balaban J connectivity index is 1.83. The van der Waals surface area contributed by atoms with Gasteiger partial charge in [-0.15, -0.1) is 0 Å². The molecule has 3 rings (SSSR count). The maximum absolute atomic E-state index is 12.2. The molecule has 1 saturated heterocycles. The maximum Gasteiger partial charge on any atom is 0.348 e. The highest BCUT2D eigenvalue weighted by Gasteiger charge is 2.20. The van der Waals surface area contributed by atoms with Gasteiger partial charge < -0.3 is 4.90 Å². The largest absolute Gasteiger partial charge is 0.348 e. The maximum atomic E-state index is 12.2. The summed E-state index contributed by atoms with van der Waals surface area (Å²) in [5.41, 5.74) is 1.42. The van der Waals surface area contributed by atoms with Gasteiger partial charge in [-0.1, -0.05) is 30.3 Å². The molecule has 1 aromatic carbocycles. The predicted octanol–water partition coefficient (Wildman–Crippen LogP) is 1.70. The molecule has 1 aliphatic heterocycles. The molecule has 0 unspecified atom stereocenters. The minimum Gasteiger partial charge on any atom is -0.345 e. The monoisotopic (exact) mass is 283 g/mol. The zero-order valence-corrected chi connectivity index (χ0v) is 11.7. The normalized spacial score (nSPS) is 15.9. The fourth-order valence-corrected chi connectivity index (χ4v) is 2.73. The Hall–Kier alpha value is -2.43. The third kappa shape index (κ3) is 2.86. The summed E-state index contributed by atoms with van der Waals surface area (Å²) in [6, 6.07) is 11.7. The first-order valence-corrected chi connectivity index (χ1v) is 7.12. The first-order chi connectivity index (χ1) is 10.3. The second-order valence-corrected chi connectivity index (χ2v) is 5.24. The Labute approximate surface area is 122 Å². The SMILES string of the molecule is O=CN1CCC(n2ccc(-c3ccccc3)nc2=O)CC1. The molecule has 0 bridgehead atoms. The highest BCUT2D eigenvalue weighted by molar-refractivity contribution is 5.57. The van der Waals surface area contributed by atoms with Crippen LogP contribution in [0.1, 0.15) is 18.9 Å². The van der Waals surface area contributed by atoms with E-state index in [4.69, 9.17) is 0 Å². The number of aromatic nitrogens is 2. The number of rotatable bonds is 3. The van der Waals surface area contributed by atoms with Crippen LogP contribution in [0.4, 0.5) is 0 Å². The average molecular weight is 283 g/mol. The van der Waals surface area contributed by atoms with E-state index in [9.17, 15) is 9.59 Å². The van der Waals surface area contributed by atoms with Crippen LogP contribution in [-0.2, 0) is 4.79 Å². The molecule has 5 heteroatoms. The molecular formula is C16H17N3O2. The van der Waals surface area contributed by atoms with Crippen molar-refractivity contribution in [3.63, 3.8) is 0 Å². The van der Waals surface area contributed by atoms with Gasteiger partial charge in [0.2, 0.25) is 6.41 Å². The first kappa shape index (κ1) is 13.5. The van der Waals surface area contributed by atoms with Gasteiger partial charge in [0, 0.05) is 30.9 Å². The van der Waals surface area contributed by atoms with E-state index >= 15 is 0 Å². The molecule has 5 nitrogen and oxygen atoms in total. The van der Waals surface area contributed by atoms with E-state index < -0.39 is 0 Å². The number of carbonyl (C=O) groups is 1. The lowest BCUT2D eigenvalue weighted by Crippen LogP contribution is -2.37. The van der Waals surface area contributed by atoms with Gasteiger partial charge in [0.15, 0.2) is 0 Å². The molecule has 21 heavy (non-hydrogen) atoms. The zero-order valence-electron chi connectivity index (χ0n) is 11.7. The highest BCUT2D eigenvalue weighted by Crippen LogP contribution is 2.21. The minimum absolute atomic E-state index is 0.131. The summed E-state index contributed by atoms with van der Waals surface area (Å²) in [5, 5.41) is 0. The molecule has 0 N–H and O–H groups in total. The van der Waals surface area contributed by atoms with Gasteiger partial charge >= 0.3 is 5.69 Å². The summed E-state index contributed by atoms with van der Waals surface area (Å²) in [5.74, 6) is 0. The Kier molecular flexibility index (Phi) is 3.81. The van der Waals surface area contributed by atoms with Crippen molar-refractivity contribution in [3.8, 4) is 11.3 Å². The number of likely N-dealkylation sites (tertiary alicyclic amines) is 1. The number of carbonyl (C=O) groups excluding carboxylic acids is 1. The Morgan fingerprint density at radius 2 is 1.81 bits per heavy atom. The van der Waals surface area contributed by atoms with Gasteiger partial charge in [-0.2, -0.15) is 4.98 Å². The number of piperidine rings is 1. The third-order valence-electron chi connectivity index (χ3n) is 3.94. The van der Waals surface area contributed by atoms with Crippen molar-refractivity contribution in [1.82, 2.24) is 14.5 Å². The van der Waals surface area contributed by atoms with Gasteiger partial charge in [0.05, 0.1) is 5.69 Å². The van der Waals surface area contributed by atoms with Crippen LogP contribution >= 0.6 is 0 Å². The quantitative estimate of drug-likeness (QED) is 0.806. The number of hydrogen-bond acceptors (Lipinski definition) is 3. The van der Waals surface area contributed by atoms with Gasteiger partial charge in [0.25, 0.3) is 0 Å². The lowest BCUT2D eigenvalue weighted by molar-refractivity contribution is -0.119. The fraction of sp³-hybridized carbons (Fsp3) is 0.312. The summed E-state index contributed by atoms with van der Waals surface area (Å²) in [6.07, 6.45) is 4.28. The van der Waals surface area contributed by atoms with Gasteiger partial charge in [-0.3, -0.25) is 9.36 Å². The molecule has 0 aliphatic carbocycles. The molecule has 2 heterocycles. The van der Waals surface area contributed by atoms with Crippen molar-refractivity contribution in [1.29, 1.82) is 0 Å². The van der Waals surface area contributed by atoms with E-state index in [1.165, 1.54) is 0 Å². The number of amides is 1. The van der Waals surface area contributed by atoms with E-state index in [1.54, 1.807) is 9.47 Å². The molecular weight excluding hydrogens is 266 g/mol. The van der Waals surface area contributed by atoms with Crippen molar-refractivity contribution in [2.24, 2.45) is 0 Å². The number of hydrogen-bond donors (Lipinski definition) is 0. The topological polar surface area (TPSA) is 55.2 Å². The van der Waals surface area contributed by atoms with Crippen LogP contribution in [0.5, 0.6) is 0 Å². The first-order valence-electron chi connectivity index (χ1n) is 7.12. The van der Waals surface area contributed by atoms with Crippen LogP contribution in [0.2, 0.25) is 0 Å². The minimum atomic E-state index is -0.221. The highest BCUT2D eigenvalue weighted by atomic mass is 16.1. The van der Waals surface area contributed by atoms with Gasteiger partial charge in [-0.05, 0) is 18.9 Å².